The van der Waals surface area contributed by atoms with Crippen LogP contribution in [0.1, 0.15) is 83.1 Å². The van der Waals surface area contributed by atoms with Gasteiger partial charge in [-0.05, 0) is 88.1 Å². The lowest BCUT2D eigenvalue weighted by atomic mass is 9.98. The molecule has 0 aliphatic heterocycles. The first-order valence-electron chi connectivity index (χ1n) is 11.8. The molecular weight excluding hydrogens is 370 g/mol. The van der Waals surface area contributed by atoms with Crippen molar-refractivity contribution < 1.29 is 4.74 Å². The molecule has 2 fully saturated rings. The van der Waals surface area contributed by atoms with Crippen molar-refractivity contribution in [2.24, 2.45) is 10.2 Å². The first kappa shape index (κ1) is 22.6. The van der Waals surface area contributed by atoms with Crippen LogP contribution in [-0.4, -0.2) is 31.1 Å². The molecule has 2 aliphatic rings. The molecule has 0 unspecified atom stereocenters. The molecule has 2 saturated carbocycles. The van der Waals surface area contributed by atoms with E-state index in [-0.39, 0.29) is 0 Å². The van der Waals surface area contributed by atoms with Gasteiger partial charge in [0.25, 0.3) is 0 Å². The summed E-state index contributed by atoms with van der Waals surface area (Å²) in [6.45, 7) is 6.51. The van der Waals surface area contributed by atoms with Gasteiger partial charge < -0.3 is 9.64 Å². The van der Waals surface area contributed by atoms with E-state index in [4.69, 9.17) is 4.74 Å². The molecule has 0 amide bonds. The highest BCUT2D eigenvalue weighted by molar-refractivity contribution is 5.67. The molecule has 3 rings (SSSR count). The van der Waals surface area contributed by atoms with Gasteiger partial charge in [0.15, 0.2) is 0 Å². The van der Waals surface area contributed by atoms with Gasteiger partial charge in [-0.1, -0.05) is 25.8 Å². The number of azo groups is 1. The van der Waals surface area contributed by atoms with Gasteiger partial charge in [0.2, 0.25) is 0 Å². The molecule has 4 heteroatoms. The minimum absolute atomic E-state index is 0.375. The highest BCUT2D eigenvalue weighted by atomic mass is 16.5. The molecule has 0 N–H and O–H groups in total. The Bertz CT molecular complexity index is 738. The minimum atomic E-state index is 0.375. The Morgan fingerprint density at radius 2 is 1.63 bits per heavy atom. The third-order valence-corrected chi connectivity index (χ3v) is 6.75. The number of hydrogen-bond acceptors (Lipinski definition) is 4. The van der Waals surface area contributed by atoms with Crippen molar-refractivity contribution in [3.63, 3.8) is 0 Å². The lowest BCUT2D eigenvalue weighted by molar-refractivity contribution is 0.155. The Kier molecular flexibility index (Phi) is 8.53. The second-order valence-electron chi connectivity index (χ2n) is 8.95. The number of ether oxygens (including phenoxy) is 1. The van der Waals surface area contributed by atoms with Crippen LogP contribution < -0.4 is 4.74 Å². The van der Waals surface area contributed by atoms with Crippen LogP contribution in [0.5, 0.6) is 5.75 Å². The van der Waals surface area contributed by atoms with E-state index in [0.717, 1.165) is 29.9 Å². The highest BCUT2D eigenvalue weighted by Gasteiger charge is 2.20. The molecule has 1 aromatic carbocycles. The van der Waals surface area contributed by atoms with Crippen molar-refractivity contribution in [1.82, 2.24) is 4.90 Å². The van der Waals surface area contributed by atoms with E-state index in [1.165, 1.54) is 69.1 Å². The predicted octanol–water partition coefficient (Wildman–Crippen LogP) is 7.38. The predicted molar refractivity (Wildman–Crippen MR) is 126 cm³/mol. The lowest BCUT2D eigenvalue weighted by Crippen LogP contribution is -2.28. The molecule has 0 heterocycles. The van der Waals surface area contributed by atoms with E-state index < -0.39 is 0 Å². The lowest BCUT2D eigenvalue weighted by Gasteiger charge is -2.28. The molecule has 0 bridgehead atoms. The Labute approximate surface area is 183 Å². The van der Waals surface area contributed by atoms with Crippen LogP contribution in [0.2, 0.25) is 0 Å². The molecule has 30 heavy (non-hydrogen) atoms. The van der Waals surface area contributed by atoms with Crippen molar-refractivity contribution in [2.75, 3.05) is 14.1 Å². The summed E-state index contributed by atoms with van der Waals surface area (Å²) in [5.74, 6) is 0.961. The molecule has 4 nitrogen and oxygen atoms in total. The van der Waals surface area contributed by atoms with Crippen molar-refractivity contribution >= 4 is 5.70 Å². The van der Waals surface area contributed by atoms with Gasteiger partial charge in [-0.3, -0.25) is 0 Å². The fraction of sp³-hybridized carbons (Fsp3) is 0.615. The summed E-state index contributed by atoms with van der Waals surface area (Å²) >= 11 is 0. The van der Waals surface area contributed by atoms with Gasteiger partial charge in [0.05, 0.1) is 11.8 Å². The zero-order valence-electron chi connectivity index (χ0n) is 19.2. The summed E-state index contributed by atoms with van der Waals surface area (Å²) in [6.07, 6.45) is 13.9. The Morgan fingerprint density at radius 3 is 2.27 bits per heavy atom. The number of nitrogens with zero attached hydrogens (tertiary/aromatic N) is 3. The van der Waals surface area contributed by atoms with Gasteiger partial charge in [0, 0.05) is 31.4 Å². The summed E-state index contributed by atoms with van der Waals surface area (Å²) in [5, 5.41) is 8.54. The quantitative estimate of drug-likeness (QED) is 0.399. The number of rotatable bonds is 9. The Morgan fingerprint density at radius 1 is 1.00 bits per heavy atom. The van der Waals surface area contributed by atoms with Crippen molar-refractivity contribution in [3.8, 4) is 5.75 Å². The van der Waals surface area contributed by atoms with E-state index in [2.05, 4.69) is 59.9 Å². The van der Waals surface area contributed by atoms with Gasteiger partial charge in [-0.2, -0.15) is 10.2 Å². The molecular formula is C26H39N3O. The van der Waals surface area contributed by atoms with E-state index in [9.17, 15) is 0 Å². The number of allylic oxidation sites excluding steroid dienone is 2. The molecule has 0 spiro atoms. The monoisotopic (exact) mass is 409 g/mol. The third kappa shape index (κ3) is 6.20. The highest BCUT2D eigenvalue weighted by Crippen LogP contribution is 2.30. The van der Waals surface area contributed by atoms with Crippen LogP contribution >= 0.6 is 0 Å². The zero-order chi connectivity index (χ0) is 21.3. The fourth-order valence-corrected chi connectivity index (χ4v) is 4.73. The molecule has 0 saturated heterocycles. The summed E-state index contributed by atoms with van der Waals surface area (Å²) < 4.78 is 6.18. The number of benzene rings is 1. The fourth-order valence-electron chi connectivity index (χ4n) is 4.73. The summed E-state index contributed by atoms with van der Waals surface area (Å²) in [4.78, 5) is 2.40. The standard InChI is InChI=1S/C26H39N3O/c1-20(14-15-21(2)29(4)23-10-8-9-11-23)26(28-27-3)22-16-18-25(19-17-22)30-24-12-6-5-7-13-24/h16-19,23-24H,2,5-15H2,1,3-4H3/b26-20+,28-27?. The van der Waals surface area contributed by atoms with E-state index in [1.54, 1.807) is 7.05 Å². The van der Waals surface area contributed by atoms with Gasteiger partial charge in [0.1, 0.15) is 5.75 Å². The van der Waals surface area contributed by atoms with Crippen molar-refractivity contribution in [1.29, 1.82) is 0 Å². The van der Waals surface area contributed by atoms with Gasteiger partial charge in [-0.25, -0.2) is 0 Å². The number of hydrogen-bond donors (Lipinski definition) is 0. The molecule has 2 aliphatic carbocycles. The van der Waals surface area contributed by atoms with Crippen molar-refractivity contribution in [3.05, 3.63) is 47.7 Å². The Balaban J connectivity index is 1.62. The summed E-state index contributed by atoms with van der Waals surface area (Å²) in [7, 11) is 3.94. The molecule has 0 atom stereocenters. The largest absolute Gasteiger partial charge is 0.490 e. The topological polar surface area (TPSA) is 37.2 Å². The minimum Gasteiger partial charge on any atom is -0.490 e. The average Bonchev–Trinajstić information content (AvgIpc) is 3.31. The van der Waals surface area contributed by atoms with Crippen molar-refractivity contribution in [2.45, 2.75) is 89.7 Å². The molecule has 0 radical (unpaired) electrons. The van der Waals surface area contributed by atoms with Crippen LogP contribution in [0.25, 0.3) is 5.70 Å². The molecule has 1 aromatic rings. The SMILES string of the molecule is C=C(CC/C(C)=C(/N=NC)c1ccc(OC2CCCCC2)cc1)N(C)C1CCCC1. The van der Waals surface area contributed by atoms with E-state index in [1.807, 2.05) is 0 Å². The smallest absolute Gasteiger partial charge is 0.119 e. The first-order valence-corrected chi connectivity index (χ1v) is 11.8. The third-order valence-electron chi connectivity index (χ3n) is 6.75. The molecule has 0 aromatic heterocycles. The van der Waals surface area contributed by atoms with Crippen LogP contribution in [0.4, 0.5) is 0 Å². The van der Waals surface area contributed by atoms with Crippen LogP contribution in [0.3, 0.4) is 0 Å². The first-order chi connectivity index (χ1) is 14.6. The Hall–Kier alpha value is -2.10. The van der Waals surface area contributed by atoms with Crippen LogP contribution in [0.15, 0.2) is 52.3 Å². The van der Waals surface area contributed by atoms with Gasteiger partial charge >= 0.3 is 0 Å². The average molecular weight is 410 g/mol. The maximum Gasteiger partial charge on any atom is 0.119 e. The summed E-state index contributed by atoms with van der Waals surface area (Å²) in [5.41, 5.74) is 4.55. The van der Waals surface area contributed by atoms with Crippen LogP contribution in [0, 0.1) is 0 Å². The van der Waals surface area contributed by atoms with E-state index in [0.29, 0.717) is 12.1 Å². The van der Waals surface area contributed by atoms with Crippen LogP contribution in [-0.2, 0) is 0 Å². The normalized spacial score (nSPS) is 19.2. The maximum atomic E-state index is 6.18. The summed E-state index contributed by atoms with van der Waals surface area (Å²) in [6, 6.07) is 9.06. The second kappa shape index (κ2) is 11.3. The van der Waals surface area contributed by atoms with E-state index >= 15 is 0 Å². The second-order valence-corrected chi connectivity index (χ2v) is 8.95. The molecule has 164 valence electrons. The zero-order valence-corrected chi connectivity index (χ0v) is 19.2. The van der Waals surface area contributed by atoms with Gasteiger partial charge in [-0.15, -0.1) is 0 Å². The maximum absolute atomic E-state index is 6.18.